The van der Waals surface area contributed by atoms with Crippen molar-refractivity contribution in [2.45, 2.75) is 20.0 Å². The molecule has 0 amide bonds. The van der Waals surface area contributed by atoms with E-state index in [1.165, 1.54) is 0 Å². The maximum atomic E-state index is 5.31. The fraction of sp³-hybridized carbons (Fsp3) is 0.571. The van der Waals surface area contributed by atoms with Gasteiger partial charge in [0, 0.05) is 6.54 Å². The lowest BCUT2D eigenvalue weighted by molar-refractivity contribution is 0.144. The smallest absolute Gasteiger partial charge is 0.212 e. The number of hydrogen-bond donors (Lipinski definition) is 1. The first-order valence-electron chi connectivity index (χ1n) is 3.42. The lowest BCUT2D eigenvalue weighted by atomic mass is 10.4. The quantitative estimate of drug-likeness (QED) is 0.617. The van der Waals surface area contributed by atoms with Gasteiger partial charge in [0.2, 0.25) is 5.88 Å². The van der Waals surface area contributed by atoms with Crippen LogP contribution < -0.4 is 5.32 Å². The molecule has 0 fully saturated rings. The molecule has 1 aliphatic rings. The molecule has 10 heavy (non-hydrogen) atoms. The Morgan fingerprint density at radius 3 is 3.00 bits per heavy atom. The van der Waals surface area contributed by atoms with Gasteiger partial charge in [-0.15, -0.1) is 0 Å². The summed E-state index contributed by atoms with van der Waals surface area (Å²) in [5.74, 6) is 0.716. The molecule has 1 rings (SSSR count). The van der Waals surface area contributed by atoms with E-state index in [-0.39, 0.29) is 6.10 Å². The van der Waals surface area contributed by atoms with E-state index in [2.05, 4.69) is 10.3 Å². The number of ether oxygens (including phenoxy) is 1. The largest absolute Gasteiger partial charge is 0.475 e. The molecule has 0 saturated carbocycles. The third-order valence-electron chi connectivity index (χ3n) is 1.03. The zero-order valence-corrected chi connectivity index (χ0v) is 6.29. The lowest BCUT2D eigenvalue weighted by Gasteiger charge is -2.11. The summed E-state index contributed by atoms with van der Waals surface area (Å²) in [4.78, 5) is 3.97. The van der Waals surface area contributed by atoms with Crippen molar-refractivity contribution in [1.82, 2.24) is 5.32 Å². The predicted molar refractivity (Wildman–Crippen MR) is 40.8 cm³/mol. The number of aliphatic imine (C=N–C) groups is 1. The molecular formula is C7H12N2O. The molecule has 1 heterocycles. The Morgan fingerprint density at radius 2 is 2.50 bits per heavy atom. The minimum Gasteiger partial charge on any atom is -0.475 e. The molecular weight excluding hydrogens is 128 g/mol. The van der Waals surface area contributed by atoms with Crippen LogP contribution in [0, 0.1) is 0 Å². The molecule has 0 radical (unpaired) electrons. The molecule has 0 aliphatic carbocycles. The first kappa shape index (κ1) is 7.12. The van der Waals surface area contributed by atoms with E-state index in [9.17, 15) is 0 Å². The highest BCUT2D eigenvalue weighted by atomic mass is 16.5. The Hall–Kier alpha value is -0.990. The van der Waals surface area contributed by atoms with Crippen molar-refractivity contribution in [2.24, 2.45) is 4.99 Å². The van der Waals surface area contributed by atoms with Crippen molar-refractivity contribution >= 4 is 6.34 Å². The van der Waals surface area contributed by atoms with Crippen molar-refractivity contribution < 1.29 is 4.74 Å². The van der Waals surface area contributed by atoms with Crippen LogP contribution in [0.1, 0.15) is 13.8 Å². The normalized spacial score (nSPS) is 16.5. The summed E-state index contributed by atoms with van der Waals surface area (Å²) in [7, 11) is 0. The Morgan fingerprint density at radius 1 is 1.70 bits per heavy atom. The SMILES string of the molecule is CC(C)OC1=CCNC=N1. The summed E-state index contributed by atoms with van der Waals surface area (Å²) >= 11 is 0. The molecule has 3 nitrogen and oxygen atoms in total. The van der Waals surface area contributed by atoms with Crippen LogP contribution in [0.5, 0.6) is 0 Å². The van der Waals surface area contributed by atoms with Crippen LogP contribution in [0.2, 0.25) is 0 Å². The van der Waals surface area contributed by atoms with Crippen LogP contribution in [-0.2, 0) is 4.74 Å². The van der Waals surface area contributed by atoms with Crippen molar-refractivity contribution in [3.63, 3.8) is 0 Å². The topological polar surface area (TPSA) is 33.6 Å². The average Bonchev–Trinajstić information content (AvgIpc) is 1.88. The minimum absolute atomic E-state index is 0.210. The van der Waals surface area contributed by atoms with Crippen molar-refractivity contribution in [1.29, 1.82) is 0 Å². The summed E-state index contributed by atoms with van der Waals surface area (Å²) in [6, 6.07) is 0. The van der Waals surface area contributed by atoms with Gasteiger partial charge in [-0.25, -0.2) is 4.99 Å². The molecule has 0 aromatic rings. The third kappa shape index (κ3) is 2.09. The first-order valence-corrected chi connectivity index (χ1v) is 3.42. The maximum absolute atomic E-state index is 5.31. The predicted octanol–water partition coefficient (Wildman–Crippen LogP) is 0.884. The van der Waals surface area contributed by atoms with Gasteiger partial charge in [-0.1, -0.05) is 0 Å². The van der Waals surface area contributed by atoms with E-state index in [1.807, 2.05) is 19.9 Å². The van der Waals surface area contributed by atoms with Gasteiger partial charge in [0.05, 0.1) is 12.4 Å². The molecule has 1 aliphatic heterocycles. The Kier molecular flexibility index (Phi) is 2.31. The van der Waals surface area contributed by atoms with E-state index in [1.54, 1.807) is 6.34 Å². The Labute approximate surface area is 60.8 Å². The molecule has 1 N–H and O–H groups in total. The van der Waals surface area contributed by atoms with E-state index in [4.69, 9.17) is 4.74 Å². The third-order valence-corrected chi connectivity index (χ3v) is 1.03. The van der Waals surface area contributed by atoms with Crippen molar-refractivity contribution in [3.05, 3.63) is 12.0 Å². The summed E-state index contributed by atoms with van der Waals surface area (Å²) in [5, 5.41) is 2.94. The van der Waals surface area contributed by atoms with Gasteiger partial charge in [0.1, 0.15) is 0 Å². The minimum atomic E-state index is 0.210. The van der Waals surface area contributed by atoms with Crippen LogP contribution in [0.25, 0.3) is 0 Å². The van der Waals surface area contributed by atoms with Crippen LogP contribution in [0.3, 0.4) is 0 Å². The van der Waals surface area contributed by atoms with Gasteiger partial charge in [-0.3, -0.25) is 0 Å². The van der Waals surface area contributed by atoms with Crippen LogP contribution in [0.15, 0.2) is 17.0 Å². The highest BCUT2D eigenvalue weighted by Crippen LogP contribution is 2.03. The second-order valence-corrected chi connectivity index (χ2v) is 2.38. The Bertz CT molecular complexity index is 161. The van der Waals surface area contributed by atoms with E-state index in [0.29, 0.717) is 5.88 Å². The number of hydrogen-bond acceptors (Lipinski definition) is 3. The molecule has 56 valence electrons. The van der Waals surface area contributed by atoms with Gasteiger partial charge in [-0.2, -0.15) is 0 Å². The van der Waals surface area contributed by atoms with Crippen LogP contribution in [0.4, 0.5) is 0 Å². The zero-order valence-electron chi connectivity index (χ0n) is 6.29. The standard InChI is InChI=1S/C7H12N2O/c1-6(2)10-7-3-4-8-5-9-7/h3,5-6H,4H2,1-2H3,(H,8,9). The molecule has 3 heteroatoms. The van der Waals surface area contributed by atoms with Crippen LogP contribution >= 0.6 is 0 Å². The molecule has 0 atom stereocenters. The summed E-state index contributed by atoms with van der Waals surface area (Å²) in [6.07, 6.45) is 3.78. The fourth-order valence-corrected chi connectivity index (χ4v) is 0.681. The molecule has 0 saturated heterocycles. The van der Waals surface area contributed by atoms with Gasteiger partial charge in [0.25, 0.3) is 0 Å². The number of rotatable bonds is 2. The highest BCUT2D eigenvalue weighted by molar-refractivity contribution is 5.57. The maximum Gasteiger partial charge on any atom is 0.212 e. The summed E-state index contributed by atoms with van der Waals surface area (Å²) in [6.45, 7) is 4.78. The molecule has 0 aromatic carbocycles. The number of nitrogens with zero attached hydrogens (tertiary/aromatic N) is 1. The summed E-state index contributed by atoms with van der Waals surface area (Å²) in [5.41, 5.74) is 0. The van der Waals surface area contributed by atoms with Crippen LogP contribution in [-0.4, -0.2) is 19.0 Å². The summed E-state index contributed by atoms with van der Waals surface area (Å²) < 4.78 is 5.31. The monoisotopic (exact) mass is 140 g/mol. The fourth-order valence-electron chi connectivity index (χ4n) is 0.681. The Balaban J connectivity index is 2.40. The van der Waals surface area contributed by atoms with Gasteiger partial charge in [0.15, 0.2) is 0 Å². The van der Waals surface area contributed by atoms with Crippen molar-refractivity contribution in [2.75, 3.05) is 6.54 Å². The van der Waals surface area contributed by atoms with E-state index in [0.717, 1.165) is 6.54 Å². The zero-order chi connectivity index (χ0) is 7.40. The van der Waals surface area contributed by atoms with Gasteiger partial charge >= 0.3 is 0 Å². The van der Waals surface area contributed by atoms with Gasteiger partial charge in [-0.05, 0) is 19.9 Å². The molecule has 0 aromatic heterocycles. The molecule has 0 unspecified atom stereocenters. The lowest BCUT2D eigenvalue weighted by Crippen LogP contribution is -2.16. The average molecular weight is 140 g/mol. The second kappa shape index (κ2) is 3.25. The highest BCUT2D eigenvalue weighted by Gasteiger charge is 1.99. The van der Waals surface area contributed by atoms with Crippen molar-refractivity contribution in [3.8, 4) is 0 Å². The first-order chi connectivity index (χ1) is 4.79. The van der Waals surface area contributed by atoms with Gasteiger partial charge < -0.3 is 10.1 Å². The molecule has 0 spiro atoms. The number of nitrogens with one attached hydrogen (secondary N) is 1. The van der Waals surface area contributed by atoms with E-state index >= 15 is 0 Å². The van der Waals surface area contributed by atoms with E-state index < -0.39 is 0 Å². The molecule has 0 bridgehead atoms. The second-order valence-electron chi connectivity index (χ2n) is 2.38.